The maximum atomic E-state index is 11.3. The first-order valence-electron chi connectivity index (χ1n) is 6.11. The molecule has 1 rings (SSSR count). The van der Waals surface area contributed by atoms with Gasteiger partial charge in [-0.1, -0.05) is 31.2 Å². The highest BCUT2D eigenvalue weighted by Gasteiger charge is 2.08. The van der Waals surface area contributed by atoms with E-state index in [-0.39, 0.29) is 11.9 Å². The minimum Gasteiger partial charge on any atom is -0.463 e. The molecule has 0 aliphatic carbocycles. The zero-order valence-corrected chi connectivity index (χ0v) is 11.2. The maximum absolute atomic E-state index is 11.3. The van der Waals surface area contributed by atoms with Crippen molar-refractivity contribution in [2.75, 3.05) is 20.3 Å². The summed E-state index contributed by atoms with van der Waals surface area (Å²) < 4.78 is 10.0. The fraction of sp³-hybridized carbons (Fsp3) is 0.400. The average molecular weight is 248 g/mol. The molecule has 0 saturated carbocycles. The number of hydrogen-bond donors (Lipinski definition) is 0. The van der Waals surface area contributed by atoms with Crippen LogP contribution >= 0.6 is 0 Å². The van der Waals surface area contributed by atoms with Crippen molar-refractivity contribution in [2.45, 2.75) is 19.8 Å². The van der Waals surface area contributed by atoms with Crippen LogP contribution in [-0.2, 0) is 14.3 Å². The van der Waals surface area contributed by atoms with Gasteiger partial charge in [-0.05, 0) is 24.1 Å². The maximum Gasteiger partial charge on any atom is 0.330 e. The van der Waals surface area contributed by atoms with Gasteiger partial charge < -0.3 is 9.47 Å². The lowest BCUT2D eigenvalue weighted by atomic mass is 9.96. The third kappa shape index (κ3) is 4.34. The first-order valence-corrected chi connectivity index (χ1v) is 6.11. The zero-order chi connectivity index (χ0) is 13.4. The van der Waals surface area contributed by atoms with E-state index in [2.05, 4.69) is 13.0 Å². The summed E-state index contributed by atoms with van der Waals surface area (Å²) in [5.41, 5.74) is 2.19. The fourth-order valence-electron chi connectivity index (χ4n) is 1.80. The van der Waals surface area contributed by atoms with Gasteiger partial charge in [0.05, 0.1) is 13.2 Å². The highest BCUT2D eigenvalue weighted by molar-refractivity contribution is 5.87. The molecular weight excluding hydrogens is 228 g/mol. The number of hydrogen-bond acceptors (Lipinski definition) is 3. The van der Waals surface area contributed by atoms with Gasteiger partial charge in [0.1, 0.15) is 0 Å². The summed E-state index contributed by atoms with van der Waals surface area (Å²) in [5.74, 6) is -0.0234. The molecule has 1 atom stereocenters. The Morgan fingerprint density at radius 3 is 2.78 bits per heavy atom. The van der Waals surface area contributed by atoms with Crippen LogP contribution in [0, 0.1) is 0 Å². The van der Waals surface area contributed by atoms with E-state index in [9.17, 15) is 4.79 Å². The molecule has 0 amide bonds. The van der Waals surface area contributed by atoms with Crippen LogP contribution in [0.25, 0.3) is 6.08 Å². The summed E-state index contributed by atoms with van der Waals surface area (Å²) >= 11 is 0. The molecule has 3 heteroatoms. The summed E-state index contributed by atoms with van der Waals surface area (Å²) in [6, 6.07) is 7.97. The molecular formula is C15H20O3. The molecule has 0 saturated heterocycles. The van der Waals surface area contributed by atoms with Gasteiger partial charge in [-0.15, -0.1) is 0 Å². The Morgan fingerprint density at radius 1 is 1.39 bits per heavy atom. The Balaban J connectivity index is 2.85. The van der Waals surface area contributed by atoms with Crippen molar-refractivity contribution in [3.8, 4) is 0 Å². The Bertz CT molecular complexity index is 410. The van der Waals surface area contributed by atoms with Crippen LogP contribution in [-0.4, -0.2) is 26.3 Å². The van der Waals surface area contributed by atoms with Gasteiger partial charge in [0.15, 0.2) is 0 Å². The molecule has 0 aromatic heterocycles. The van der Waals surface area contributed by atoms with E-state index < -0.39 is 0 Å². The molecule has 18 heavy (non-hydrogen) atoms. The standard InChI is InChI=1S/C15H20O3/c1-4-18-15(16)10-9-13-7-5-6-8-14(13)12(2)11-17-3/h5-10,12H,4,11H2,1-3H3/b10-9+. The summed E-state index contributed by atoms with van der Waals surface area (Å²) in [4.78, 5) is 11.3. The predicted octanol–water partition coefficient (Wildman–Crippen LogP) is 3.01. The Kier molecular flexibility index (Phi) is 6.15. The third-order valence-electron chi connectivity index (χ3n) is 2.63. The first-order chi connectivity index (χ1) is 8.69. The van der Waals surface area contributed by atoms with Gasteiger partial charge in [-0.2, -0.15) is 0 Å². The van der Waals surface area contributed by atoms with Gasteiger partial charge >= 0.3 is 5.97 Å². The smallest absolute Gasteiger partial charge is 0.330 e. The number of rotatable bonds is 6. The SMILES string of the molecule is CCOC(=O)/C=C/c1ccccc1C(C)COC. The number of ether oxygens (including phenoxy) is 2. The van der Waals surface area contributed by atoms with Gasteiger partial charge in [-0.25, -0.2) is 4.79 Å². The van der Waals surface area contributed by atoms with Crippen LogP contribution in [0.5, 0.6) is 0 Å². The molecule has 0 bridgehead atoms. The quantitative estimate of drug-likeness (QED) is 0.573. The summed E-state index contributed by atoms with van der Waals surface area (Å²) in [6.45, 7) is 4.94. The van der Waals surface area contributed by atoms with Crippen LogP contribution < -0.4 is 0 Å². The topological polar surface area (TPSA) is 35.5 Å². The summed E-state index contributed by atoms with van der Waals surface area (Å²) in [7, 11) is 1.69. The Labute approximate surface area is 108 Å². The van der Waals surface area contributed by atoms with E-state index >= 15 is 0 Å². The van der Waals surface area contributed by atoms with Crippen LogP contribution in [0.2, 0.25) is 0 Å². The predicted molar refractivity (Wildman–Crippen MR) is 72.4 cm³/mol. The van der Waals surface area contributed by atoms with Crippen LogP contribution in [0.1, 0.15) is 30.9 Å². The molecule has 0 radical (unpaired) electrons. The van der Waals surface area contributed by atoms with Crippen molar-refractivity contribution in [2.24, 2.45) is 0 Å². The monoisotopic (exact) mass is 248 g/mol. The number of methoxy groups -OCH3 is 1. The Hall–Kier alpha value is -1.61. The molecule has 1 aromatic rings. The molecule has 0 aliphatic rings. The minimum atomic E-state index is -0.313. The largest absolute Gasteiger partial charge is 0.463 e. The molecule has 0 heterocycles. The highest BCUT2D eigenvalue weighted by atomic mass is 16.5. The molecule has 0 N–H and O–H groups in total. The van der Waals surface area contributed by atoms with E-state index in [1.165, 1.54) is 11.6 Å². The number of esters is 1. The molecule has 1 unspecified atom stereocenters. The average Bonchev–Trinajstić information content (AvgIpc) is 2.37. The third-order valence-corrected chi connectivity index (χ3v) is 2.63. The number of carbonyl (C=O) groups excluding carboxylic acids is 1. The Morgan fingerprint density at radius 2 is 2.11 bits per heavy atom. The van der Waals surface area contributed by atoms with Crippen LogP contribution in [0.15, 0.2) is 30.3 Å². The first kappa shape index (κ1) is 14.5. The highest BCUT2D eigenvalue weighted by Crippen LogP contribution is 2.21. The van der Waals surface area contributed by atoms with Crippen molar-refractivity contribution in [3.63, 3.8) is 0 Å². The number of benzene rings is 1. The van der Waals surface area contributed by atoms with Gasteiger partial charge in [0, 0.05) is 19.1 Å². The van der Waals surface area contributed by atoms with Gasteiger partial charge in [0.25, 0.3) is 0 Å². The summed E-state index contributed by atoms with van der Waals surface area (Å²) in [5, 5.41) is 0. The van der Waals surface area contributed by atoms with Crippen molar-refractivity contribution in [3.05, 3.63) is 41.5 Å². The van der Waals surface area contributed by atoms with Crippen molar-refractivity contribution in [1.82, 2.24) is 0 Å². The molecule has 98 valence electrons. The molecule has 0 fully saturated rings. The van der Waals surface area contributed by atoms with Crippen LogP contribution in [0.3, 0.4) is 0 Å². The van der Waals surface area contributed by atoms with E-state index in [0.717, 1.165) is 5.56 Å². The van der Waals surface area contributed by atoms with Crippen LogP contribution in [0.4, 0.5) is 0 Å². The second kappa shape index (κ2) is 7.67. The van der Waals surface area contributed by atoms with Crippen molar-refractivity contribution < 1.29 is 14.3 Å². The molecule has 0 spiro atoms. The fourth-order valence-corrected chi connectivity index (χ4v) is 1.80. The zero-order valence-electron chi connectivity index (χ0n) is 11.2. The van der Waals surface area contributed by atoms with E-state index in [1.54, 1.807) is 20.1 Å². The lowest BCUT2D eigenvalue weighted by Crippen LogP contribution is -2.04. The normalized spacial score (nSPS) is 12.6. The van der Waals surface area contributed by atoms with Crippen molar-refractivity contribution in [1.29, 1.82) is 0 Å². The lowest BCUT2D eigenvalue weighted by Gasteiger charge is -2.13. The van der Waals surface area contributed by atoms with E-state index in [0.29, 0.717) is 13.2 Å². The van der Waals surface area contributed by atoms with E-state index in [4.69, 9.17) is 9.47 Å². The number of carbonyl (C=O) groups is 1. The molecule has 1 aromatic carbocycles. The van der Waals surface area contributed by atoms with E-state index in [1.807, 2.05) is 18.2 Å². The van der Waals surface area contributed by atoms with Gasteiger partial charge in [0.2, 0.25) is 0 Å². The lowest BCUT2D eigenvalue weighted by molar-refractivity contribution is -0.137. The molecule has 3 nitrogen and oxygen atoms in total. The molecule has 0 aliphatic heterocycles. The van der Waals surface area contributed by atoms with Gasteiger partial charge in [-0.3, -0.25) is 0 Å². The van der Waals surface area contributed by atoms with Crippen molar-refractivity contribution >= 4 is 12.0 Å². The summed E-state index contributed by atoms with van der Waals surface area (Å²) in [6.07, 6.45) is 3.25. The second-order valence-electron chi connectivity index (χ2n) is 4.07. The minimum absolute atomic E-state index is 0.290. The second-order valence-corrected chi connectivity index (χ2v) is 4.07.